The number of benzene rings is 1. The molecule has 30 heavy (non-hydrogen) atoms. The minimum absolute atomic E-state index is 0.00386. The number of nitrogens with zero attached hydrogens (tertiary/aromatic N) is 2. The van der Waals surface area contributed by atoms with Crippen molar-refractivity contribution in [2.75, 3.05) is 27.8 Å². The van der Waals surface area contributed by atoms with Gasteiger partial charge in [-0.2, -0.15) is 5.10 Å². The Morgan fingerprint density at radius 1 is 1.17 bits per heavy atom. The zero-order chi connectivity index (χ0) is 21.5. The fourth-order valence-corrected chi connectivity index (χ4v) is 5.08. The predicted molar refractivity (Wildman–Crippen MR) is 111 cm³/mol. The van der Waals surface area contributed by atoms with Crippen LogP contribution in [0.3, 0.4) is 0 Å². The molecule has 1 saturated heterocycles. The smallest absolute Gasteiger partial charge is 0.319 e. The molecule has 3 fully saturated rings. The third-order valence-corrected chi connectivity index (χ3v) is 7.24. The molecule has 3 aliphatic rings. The van der Waals surface area contributed by atoms with Crippen LogP contribution >= 0.6 is 0 Å². The fourth-order valence-electron chi connectivity index (χ4n) is 5.08. The number of nitrogens with one attached hydrogen (secondary N) is 1. The van der Waals surface area contributed by atoms with Crippen LogP contribution in [0.25, 0.3) is 0 Å². The number of hydrogen-bond acceptors (Lipinski definition) is 6. The van der Waals surface area contributed by atoms with Gasteiger partial charge in [-0.1, -0.05) is 6.07 Å². The number of methoxy groups -OCH3 is 2. The van der Waals surface area contributed by atoms with E-state index in [9.17, 15) is 14.7 Å². The maximum absolute atomic E-state index is 12.3. The van der Waals surface area contributed by atoms with Crippen LogP contribution in [0.5, 0.6) is 11.5 Å². The van der Waals surface area contributed by atoms with Gasteiger partial charge in [0.15, 0.2) is 11.5 Å². The van der Waals surface area contributed by atoms with E-state index in [4.69, 9.17) is 9.47 Å². The predicted octanol–water partition coefficient (Wildman–Crippen LogP) is 2.17. The average molecular weight is 415 g/mol. The van der Waals surface area contributed by atoms with Gasteiger partial charge in [-0.15, -0.1) is 0 Å². The minimum Gasteiger partial charge on any atom is -0.493 e. The third-order valence-electron chi connectivity index (χ3n) is 7.24. The van der Waals surface area contributed by atoms with Crippen molar-refractivity contribution in [3.63, 3.8) is 0 Å². The van der Waals surface area contributed by atoms with Crippen molar-refractivity contribution in [1.29, 1.82) is 0 Å². The van der Waals surface area contributed by atoms with E-state index < -0.39 is 17.3 Å². The second-order valence-corrected chi connectivity index (χ2v) is 8.68. The molecular weight excluding hydrogens is 386 g/mol. The Kier molecular flexibility index (Phi) is 5.22. The molecule has 4 rings (SSSR count). The highest BCUT2D eigenvalue weighted by Crippen LogP contribution is 2.49. The molecular formula is C22H29N3O5. The Hall–Kier alpha value is -2.61. The topological polar surface area (TPSA) is 100 Å². The van der Waals surface area contributed by atoms with E-state index >= 15 is 0 Å². The maximum Gasteiger partial charge on any atom is 0.319 e. The van der Waals surface area contributed by atoms with E-state index in [-0.39, 0.29) is 11.5 Å². The van der Waals surface area contributed by atoms with Crippen LogP contribution in [0.15, 0.2) is 23.3 Å². The van der Waals surface area contributed by atoms with E-state index in [1.165, 1.54) is 5.56 Å². The summed E-state index contributed by atoms with van der Waals surface area (Å²) in [6.45, 7) is 0.987. The first-order chi connectivity index (χ1) is 14.4. The van der Waals surface area contributed by atoms with E-state index in [0.29, 0.717) is 18.6 Å². The largest absolute Gasteiger partial charge is 0.493 e. The zero-order valence-electron chi connectivity index (χ0n) is 17.7. The van der Waals surface area contributed by atoms with Crippen LogP contribution in [0.2, 0.25) is 0 Å². The maximum atomic E-state index is 12.3. The summed E-state index contributed by atoms with van der Waals surface area (Å²) in [5.74, 6) is -0.118. The van der Waals surface area contributed by atoms with Crippen LogP contribution < -0.4 is 14.9 Å². The molecule has 8 nitrogen and oxygen atoms in total. The molecule has 1 amide bonds. The highest BCUT2D eigenvalue weighted by Gasteiger charge is 2.57. The fraction of sp³-hybridized carbons (Fsp3) is 0.591. The van der Waals surface area contributed by atoms with Gasteiger partial charge in [0.2, 0.25) is 0 Å². The van der Waals surface area contributed by atoms with Crippen LogP contribution in [-0.2, 0) is 15.0 Å². The highest BCUT2D eigenvalue weighted by molar-refractivity contribution is 6.05. The van der Waals surface area contributed by atoms with Crippen molar-refractivity contribution in [2.45, 2.75) is 50.0 Å². The summed E-state index contributed by atoms with van der Waals surface area (Å²) in [5.41, 5.74) is 3.41. The number of likely N-dealkylation sites (tertiary alicyclic amines) is 1. The molecule has 1 aliphatic heterocycles. The van der Waals surface area contributed by atoms with Gasteiger partial charge in [-0.05, 0) is 63.4 Å². The van der Waals surface area contributed by atoms with Crippen molar-refractivity contribution < 1.29 is 24.2 Å². The molecule has 0 aromatic heterocycles. The Morgan fingerprint density at radius 3 is 2.53 bits per heavy atom. The van der Waals surface area contributed by atoms with Crippen molar-refractivity contribution in [2.24, 2.45) is 10.5 Å². The Bertz CT molecular complexity index is 895. The number of hydrazone groups is 1. The molecule has 0 spiro atoms. The van der Waals surface area contributed by atoms with Crippen LogP contribution in [0, 0.1) is 5.41 Å². The van der Waals surface area contributed by atoms with Crippen LogP contribution in [0.1, 0.15) is 44.1 Å². The first-order valence-corrected chi connectivity index (χ1v) is 10.4. The minimum atomic E-state index is -1.27. The lowest BCUT2D eigenvalue weighted by Crippen LogP contribution is -2.46. The number of aliphatic carboxylic acids is 1. The molecule has 0 radical (unpaired) electrons. The van der Waals surface area contributed by atoms with Crippen molar-refractivity contribution in [3.8, 4) is 11.5 Å². The number of rotatable bonds is 6. The number of carbonyl (C=O) groups is 2. The van der Waals surface area contributed by atoms with Crippen LogP contribution in [0.4, 0.5) is 0 Å². The van der Waals surface area contributed by atoms with Gasteiger partial charge in [0.05, 0.1) is 14.2 Å². The van der Waals surface area contributed by atoms with Gasteiger partial charge in [-0.25, -0.2) is 5.43 Å². The second-order valence-electron chi connectivity index (χ2n) is 8.68. The number of carbonyl (C=O) groups excluding carboxylic acids is 1. The molecule has 8 heteroatoms. The Balaban J connectivity index is 1.54. The number of amides is 1. The normalized spacial score (nSPS) is 28.6. The lowest BCUT2D eigenvalue weighted by atomic mass is 9.65. The summed E-state index contributed by atoms with van der Waals surface area (Å²) in [6, 6.07) is 6.43. The molecule has 162 valence electrons. The van der Waals surface area contributed by atoms with Crippen molar-refractivity contribution >= 4 is 17.6 Å². The number of fused-ring (bicyclic) bond motifs is 1. The SMILES string of the molecule is COc1ccc(C23CC/C(=N\NC(=O)C4(C(=O)O)CC4)CC2N(C)CC3)cc1OC. The van der Waals surface area contributed by atoms with Crippen molar-refractivity contribution in [3.05, 3.63) is 23.8 Å². The molecule has 2 atom stereocenters. The summed E-state index contributed by atoms with van der Waals surface area (Å²) in [5, 5.41) is 13.6. The summed E-state index contributed by atoms with van der Waals surface area (Å²) in [6.07, 6.45) is 4.23. The van der Waals surface area contributed by atoms with Crippen molar-refractivity contribution in [1.82, 2.24) is 10.3 Å². The first kappa shape index (κ1) is 20.7. The number of carboxylic acid groups (broad SMARTS) is 1. The zero-order valence-corrected chi connectivity index (χ0v) is 17.7. The third kappa shape index (κ3) is 3.23. The molecule has 2 unspecified atom stereocenters. The lowest BCUT2D eigenvalue weighted by molar-refractivity contribution is -0.149. The molecule has 2 saturated carbocycles. The van der Waals surface area contributed by atoms with Gasteiger partial charge in [0.25, 0.3) is 5.91 Å². The monoisotopic (exact) mass is 415 g/mol. The molecule has 2 N–H and O–H groups in total. The molecule has 2 aliphatic carbocycles. The summed E-state index contributed by atoms with van der Waals surface area (Å²) < 4.78 is 10.9. The summed E-state index contributed by atoms with van der Waals surface area (Å²) in [4.78, 5) is 26.0. The van der Waals surface area contributed by atoms with Gasteiger partial charge >= 0.3 is 5.97 Å². The van der Waals surface area contributed by atoms with Gasteiger partial charge < -0.3 is 19.5 Å². The first-order valence-electron chi connectivity index (χ1n) is 10.4. The summed E-state index contributed by atoms with van der Waals surface area (Å²) >= 11 is 0. The highest BCUT2D eigenvalue weighted by atomic mass is 16.5. The molecule has 1 aromatic rings. The van der Waals surface area contributed by atoms with Gasteiger partial charge in [0.1, 0.15) is 5.41 Å². The van der Waals surface area contributed by atoms with Gasteiger partial charge in [0, 0.05) is 23.6 Å². The second kappa shape index (κ2) is 7.58. The number of hydrogen-bond donors (Lipinski definition) is 2. The summed E-state index contributed by atoms with van der Waals surface area (Å²) in [7, 11) is 5.41. The Morgan fingerprint density at radius 2 is 1.90 bits per heavy atom. The van der Waals surface area contributed by atoms with Crippen LogP contribution in [-0.4, -0.2) is 61.4 Å². The van der Waals surface area contributed by atoms with E-state index in [1.54, 1.807) is 14.2 Å². The lowest BCUT2D eigenvalue weighted by Gasteiger charge is -2.42. The van der Waals surface area contributed by atoms with E-state index in [1.807, 2.05) is 6.07 Å². The molecule has 1 aromatic carbocycles. The van der Waals surface area contributed by atoms with E-state index in [0.717, 1.165) is 43.7 Å². The molecule has 1 heterocycles. The number of likely N-dealkylation sites (N-methyl/N-ethyl adjacent to an activating group) is 1. The number of ether oxygens (including phenoxy) is 2. The van der Waals surface area contributed by atoms with Gasteiger partial charge in [-0.3, -0.25) is 9.59 Å². The average Bonchev–Trinajstić information content (AvgIpc) is 3.51. The molecule has 0 bridgehead atoms. The Labute approximate surface area is 176 Å². The number of carboxylic acids is 1. The van der Waals surface area contributed by atoms with E-state index in [2.05, 4.69) is 34.6 Å². The standard InChI is InChI=1S/C22H29N3O5/c1-25-11-10-21(14-4-5-16(29-2)17(12-14)30-3)7-6-15(13-18(21)25)23-24-19(26)22(8-9-22)20(27)28/h4-5,12,18H,6-11,13H2,1-3H3,(H,24,26)(H,27,28)/b23-15+. The quantitative estimate of drug-likeness (QED) is 0.546.